The smallest absolute Gasteiger partial charge is 0.503 e. The molecule has 0 radical (unpaired) electrons. The van der Waals surface area contributed by atoms with Crippen molar-refractivity contribution in [3.8, 4) is 0 Å². The first kappa shape index (κ1) is 15.9. The van der Waals surface area contributed by atoms with Crippen LogP contribution in [-0.4, -0.2) is 11.1 Å². The standard InChI is InChI=1S/C2H3O2.ClH.Na/c1-2(3)4;;/h1H2,(H,3,4);1H;/q-1;;+1. The second-order valence-corrected chi connectivity index (χ2v) is 0.394. The van der Waals surface area contributed by atoms with Crippen molar-refractivity contribution in [1.29, 1.82) is 0 Å². The minimum Gasteiger partial charge on any atom is -0.503 e. The van der Waals surface area contributed by atoms with Crippen molar-refractivity contribution < 1.29 is 39.5 Å². The number of halogens is 1. The minimum absolute atomic E-state index is 0. The number of rotatable bonds is 0. The Hall–Kier alpha value is 0.630. The van der Waals surface area contributed by atoms with Crippen LogP contribution in [0.4, 0.5) is 0 Å². The molecule has 4 heteroatoms. The van der Waals surface area contributed by atoms with E-state index in [1.165, 1.54) is 0 Å². The maximum Gasteiger partial charge on any atom is 1.00 e. The summed E-state index contributed by atoms with van der Waals surface area (Å²) in [5.41, 5.74) is 0. The molecule has 6 heavy (non-hydrogen) atoms. The molecule has 0 saturated heterocycles. The molecule has 32 valence electrons. The number of carbonyl (C=O) groups is 1. The Bertz CT molecular complexity index is 34.5. The van der Waals surface area contributed by atoms with Gasteiger partial charge >= 0.3 is 29.6 Å². The third-order valence-corrected chi connectivity index (χ3v) is 0. The molecule has 0 aromatic carbocycles. The van der Waals surface area contributed by atoms with Gasteiger partial charge in [-0.05, 0) is 0 Å². The zero-order valence-electron chi connectivity index (χ0n) is 3.47. The monoisotopic (exact) mass is 118 g/mol. The molecule has 0 aromatic heterocycles. The minimum atomic E-state index is -1.08. The van der Waals surface area contributed by atoms with Gasteiger partial charge in [0.25, 0.3) is 0 Å². The summed E-state index contributed by atoms with van der Waals surface area (Å²) in [5, 5.41) is 7.31. The molecule has 0 bridgehead atoms. The van der Waals surface area contributed by atoms with E-state index in [-0.39, 0.29) is 42.0 Å². The van der Waals surface area contributed by atoms with Crippen LogP contribution >= 0.6 is 12.4 Å². The van der Waals surface area contributed by atoms with Crippen LogP contribution in [0.2, 0.25) is 0 Å². The molecule has 0 aliphatic rings. The Kier molecular flexibility index (Phi) is 24.3. The summed E-state index contributed by atoms with van der Waals surface area (Å²) in [4.78, 5) is 8.89. The first-order chi connectivity index (χ1) is 1.73. The summed E-state index contributed by atoms with van der Waals surface area (Å²) in [6, 6.07) is 0. The van der Waals surface area contributed by atoms with Crippen molar-refractivity contribution in [2.45, 2.75) is 0 Å². The first-order valence-electron chi connectivity index (χ1n) is 0.781. The largest absolute Gasteiger partial charge is 1.00 e. The summed E-state index contributed by atoms with van der Waals surface area (Å²) in [6.07, 6.45) is 0. The van der Waals surface area contributed by atoms with Crippen molar-refractivity contribution >= 4 is 18.4 Å². The Labute approximate surface area is 64.6 Å². The Balaban J connectivity index is -0.0000000450. The first-order valence-corrected chi connectivity index (χ1v) is 0.781. The van der Waals surface area contributed by atoms with Crippen LogP contribution in [0.3, 0.4) is 0 Å². The van der Waals surface area contributed by atoms with Gasteiger partial charge in [0.2, 0.25) is 0 Å². The van der Waals surface area contributed by atoms with Crippen LogP contribution < -0.4 is 29.6 Å². The molecule has 0 heterocycles. The molecular formula is C2H4ClNaO2. The van der Waals surface area contributed by atoms with Crippen LogP contribution in [0, 0.1) is 6.92 Å². The van der Waals surface area contributed by atoms with E-state index in [0.717, 1.165) is 0 Å². The van der Waals surface area contributed by atoms with Gasteiger partial charge in [-0.3, -0.25) is 11.7 Å². The van der Waals surface area contributed by atoms with E-state index in [1.54, 1.807) is 0 Å². The van der Waals surface area contributed by atoms with Gasteiger partial charge in [-0.25, -0.2) is 0 Å². The van der Waals surface area contributed by atoms with Gasteiger partial charge in [0.1, 0.15) is 0 Å². The number of hydrogen-bond acceptors (Lipinski definition) is 1. The van der Waals surface area contributed by atoms with Crippen LogP contribution in [0.5, 0.6) is 0 Å². The van der Waals surface area contributed by atoms with Gasteiger partial charge in [-0.15, -0.1) is 12.4 Å². The fraction of sp³-hybridized carbons (Fsp3) is 0. The maximum atomic E-state index is 8.89. The Morgan fingerprint density at radius 3 is 1.67 bits per heavy atom. The summed E-state index contributed by atoms with van der Waals surface area (Å²) < 4.78 is 0. The maximum absolute atomic E-state index is 8.89. The van der Waals surface area contributed by atoms with Crippen molar-refractivity contribution in [2.24, 2.45) is 0 Å². The molecule has 0 saturated carbocycles. The normalized spacial score (nSPS) is 4.00. The van der Waals surface area contributed by atoms with Crippen molar-refractivity contribution in [2.75, 3.05) is 0 Å². The molecule has 1 N–H and O–H groups in total. The third-order valence-electron chi connectivity index (χ3n) is 0. The molecule has 0 rings (SSSR count). The molecule has 0 aliphatic carbocycles. The molecule has 0 fully saturated rings. The summed E-state index contributed by atoms with van der Waals surface area (Å²) >= 11 is 0. The van der Waals surface area contributed by atoms with Crippen LogP contribution in [-0.2, 0) is 4.79 Å². The predicted octanol–water partition coefficient (Wildman–Crippen LogP) is -2.67. The van der Waals surface area contributed by atoms with E-state index >= 15 is 0 Å². The molecule has 0 aliphatic heterocycles. The molecule has 0 atom stereocenters. The van der Waals surface area contributed by atoms with Gasteiger partial charge in [0.15, 0.2) is 5.97 Å². The predicted molar refractivity (Wildman–Crippen MR) is 20.2 cm³/mol. The van der Waals surface area contributed by atoms with Crippen molar-refractivity contribution in [1.82, 2.24) is 0 Å². The second-order valence-electron chi connectivity index (χ2n) is 0.394. The van der Waals surface area contributed by atoms with Gasteiger partial charge in [0.05, 0.1) is 0 Å². The van der Waals surface area contributed by atoms with Crippen LogP contribution in [0.15, 0.2) is 0 Å². The van der Waals surface area contributed by atoms with E-state index in [9.17, 15) is 0 Å². The molecule has 2 nitrogen and oxygen atoms in total. The number of carboxylic acids is 1. The molecule has 0 spiro atoms. The average Bonchev–Trinajstić information content (AvgIpc) is 0.811. The zero-order valence-corrected chi connectivity index (χ0v) is 6.29. The third kappa shape index (κ3) is 154. The van der Waals surface area contributed by atoms with Crippen LogP contribution in [0.25, 0.3) is 0 Å². The summed E-state index contributed by atoms with van der Waals surface area (Å²) in [7, 11) is 0. The number of aliphatic carboxylic acids is 1. The SMILES string of the molecule is Cl.[CH2-]C(=O)O.[Na+]. The van der Waals surface area contributed by atoms with Gasteiger partial charge in [0, 0.05) is 0 Å². The quantitative estimate of drug-likeness (QED) is 0.278. The zero-order chi connectivity index (χ0) is 3.58. The summed E-state index contributed by atoms with van der Waals surface area (Å²) in [6.45, 7) is 2.56. The van der Waals surface area contributed by atoms with Gasteiger partial charge in [-0.1, -0.05) is 0 Å². The van der Waals surface area contributed by atoms with E-state index in [1.807, 2.05) is 0 Å². The van der Waals surface area contributed by atoms with Gasteiger partial charge < -0.3 is 5.11 Å². The van der Waals surface area contributed by atoms with Crippen LogP contribution in [0.1, 0.15) is 0 Å². The van der Waals surface area contributed by atoms with Crippen molar-refractivity contribution in [3.63, 3.8) is 0 Å². The number of hydrogen-bond donors (Lipinski definition) is 1. The Morgan fingerprint density at radius 1 is 1.67 bits per heavy atom. The second kappa shape index (κ2) is 9.16. The van der Waals surface area contributed by atoms with E-state index < -0.39 is 5.97 Å². The van der Waals surface area contributed by atoms with Crippen molar-refractivity contribution in [3.05, 3.63) is 6.92 Å². The fourth-order valence-corrected chi connectivity index (χ4v) is 0. The van der Waals surface area contributed by atoms with E-state index in [4.69, 9.17) is 9.90 Å². The number of carboxylic acid groups (broad SMARTS) is 1. The Morgan fingerprint density at radius 2 is 1.67 bits per heavy atom. The summed E-state index contributed by atoms with van der Waals surface area (Å²) in [5.74, 6) is -1.08. The molecule has 0 unspecified atom stereocenters. The molecular weight excluding hydrogens is 114 g/mol. The van der Waals surface area contributed by atoms with E-state index in [2.05, 4.69) is 6.92 Å². The molecule has 0 amide bonds. The molecule has 0 aromatic rings. The fourth-order valence-electron chi connectivity index (χ4n) is 0. The topological polar surface area (TPSA) is 37.3 Å². The van der Waals surface area contributed by atoms with E-state index in [0.29, 0.717) is 0 Å². The average molecular weight is 118 g/mol. The van der Waals surface area contributed by atoms with Gasteiger partial charge in [-0.2, -0.15) is 0 Å².